The van der Waals surface area contributed by atoms with E-state index in [-0.39, 0.29) is 18.6 Å². The van der Waals surface area contributed by atoms with Crippen LogP contribution in [-0.2, 0) is 4.79 Å². The molecular formula is C10H10ClNO2. The van der Waals surface area contributed by atoms with Crippen LogP contribution in [0.1, 0.15) is 23.2 Å². The van der Waals surface area contributed by atoms with Gasteiger partial charge in [0.05, 0.1) is 0 Å². The topological polar surface area (TPSA) is 60.2 Å². The summed E-state index contributed by atoms with van der Waals surface area (Å²) in [6, 6.07) is 6.62. The van der Waals surface area contributed by atoms with Crippen molar-refractivity contribution >= 4 is 23.3 Å². The lowest BCUT2D eigenvalue weighted by molar-refractivity contribution is -0.117. The van der Waals surface area contributed by atoms with Crippen LogP contribution in [0.5, 0.6) is 0 Å². The van der Waals surface area contributed by atoms with Gasteiger partial charge in [-0.2, -0.15) is 0 Å². The first kappa shape index (κ1) is 10.7. The van der Waals surface area contributed by atoms with Gasteiger partial charge in [0.15, 0.2) is 5.78 Å². The number of primary amides is 1. The molecule has 0 atom stereocenters. The minimum atomic E-state index is -0.472. The highest BCUT2D eigenvalue weighted by Crippen LogP contribution is 2.12. The van der Waals surface area contributed by atoms with E-state index in [2.05, 4.69) is 0 Å². The molecule has 0 radical (unpaired) electrons. The van der Waals surface area contributed by atoms with Crippen LogP contribution in [0.15, 0.2) is 24.3 Å². The highest BCUT2D eigenvalue weighted by Gasteiger charge is 2.07. The Morgan fingerprint density at radius 2 is 2.00 bits per heavy atom. The molecule has 1 aromatic carbocycles. The summed E-state index contributed by atoms with van der Waals surface area (Å²) in [6.07, 6.45) is 0.209. The zero-order chi connectivity index (χ0) is 10.6. The highest BCUT2D eigenvalue weighted by molar-refractivity contribution is 6.31. The van der Waals surface area contributed by atoms with E-state index < -0.39 is 5.91 Å². The first-order valence-corrected chi connectivity index (χ1v) is 4.54. The van der Waals surface area contributed by atoms with Crippen molar-refractivity contribution in [1.29, 1.82) is 0 Å². The molecule has 3 nitrogen and oxygen atoms in total. The second kappa shape index (κ2) is 4.77. The van der Waals surface area contributed by atoms with Gasteiger partial charge >= 0.3 is 0 Å². The number of rotatable bonds is 4. The Morgan fingerprint density at radius 1 is 1.29 bits per heavy atom. The van der Waals surface area contributed by atoms with Crippen LogP contribution in [0, 0.1) is 0 Å². The van der Waals surface area contributed by atoms with Crippen molar-refractivity contribution in [2.24, 2.45) is 5.73 Å². The summed E-state index contributed by atoms with van der Waals surface area (Å²) in [5, 5.41) is 0.509. The molecule has 0 heterocycles. The molecule has 74 valence electrons. The SMILES string of the molecule is NC(=O)CCC(=O)c1cccc(Cl)c1. The standard InChI is InChI=1S/C10H10ClNO2/c11-8-3-1-2-7(6-8)9(13)4-5-10(12)14/h1-3,6H,4-5H2,(H2,12,14). The zero-order valence-corrected chi connectivity index (χ0v) is 8.25. The number of ketones is 1. The van der Waals surface area contributed by atoms with Crippen molar-refractivity contribution in [2.45, 2.75) is 12.8 Å². The van der Waals surface area contributed by atoms with Crippen molar-refractivity contribution in [3.05, 3.63) is 34.9 Å². The first-order chi connectivity index (χ1) is 6.59. The maximum absolute atomic E-state index is 11.4. The molecule has 0 unspecified atom stereocenters. The molecule has 0 aliphatic carbocycles. The molecule has 1 amide bonds. The molecular weight excluding hydrogens is 202 g/mol. The number of amides is 1. The number of Topliss-reactive ketones (excluding diaryl/α,β-unsaturated/α-hetero) is 1. The van der Waals surface area contributed by atoms with E-state index >= 15 is 0 Å². The fourth-order valence-electron chi connectivity index (χ4n) is 1.04. The number of hydrogen-bond acceptors (Lipinski definition) is 2. The van der Waals surface area contributed by atoms with Crippen molar-refractivity contribution in [1.82, 2.24) is 0 Å². The van der Waals surface area contributed by atoms with Gasteiger partial charge in [-0.15, -0.1) is 0 Å². The number of benzene rings is 1. The molecule has 1 rings (SSSR count). The van der Waals surface area contributed by atoms with E-state index in [0.717, 1.165) is 0 Å². The molecule has 14 heavy (non-hydrogen) atoms. The van der Waals surface area contributed by atoms with Crippen LogP contribution in [0.25, 0.3) is 0 Å². The van der Waals surface area contributed by atoms with Crippen molar-refractivity contribution in [2.75, 3.05) is 0 Å². The van der Waals surface area contributed by atoms with E-state index in [4.69, 9.17) is 17.3 Å². The van der Waals surface area contributed by atoms with Crippen molar-refractivity contribution in [3.63, 3.8) is 0 Å². The van der Waals surface area contributed by atoms with Crippen LogP contribution in [0.2, 0.25) is 5.02 Å². The fourth-order valence-corrected chi connectivity index (χ4v) is 1.23. The minimum absolute atomic E-state index is 0.0747. The smallest absolute Gasteiger partial charge is 0.217 e. The molecule has 0 saturated carbocycles. The fraction of sp³-hybridized carbons (Fsp3) is 0.200. The second-order valence-electron chi connectivity index (χ2n) is 2.90. The summed E-state index contributed by atoms with van der Waals surface area (Å²) in [7, 11) is 0. The normalized spacial score (nSPS) is 9.79. The Hall–Kier alpha value is -1.35. The van der Waals surface area contributed by atoms with Crippen LogP contribution in [0.4, 0.5) is 0 Å². The summed E-state index contributed by atoms with van der Waals surface area (Å²) in [4.78, 5) is 21.9. The molecule has 4 heteroatoms. The molecule has 0 aliphatic heterocycles. The predicted molar refractivity (Wildman–Crippen MR) is 54.2 cm³/mol. The molecule has 0 saturated heterocycles. The first-order valence-electron chi connectivity index (χ1n) is 4.16. The van der Waals surface area contributed by atoms with E-state index in [1.54, 1.807) is 24.3 Å². The van der Waals surface area contributed by atoms with Gasteiger partial charge in [0.1, 0.15) is 0 Å². The van der Waals surface area contributed by atoms with Crippen molar-refractivity contribution in [3.8, 4) is 0 Å². The minimum Gasteiger partial charge on any atom is -0.370 e. The maximum atomic E-state index is 11.4. The second-order valence-corrected chi connectivity index (χ2v) is 3.34. The molecule has 0 spiro atoms. The monoisotopic (exact) mass is 211 g/mol. The van der Waals surface area contributed by atoms with Gasteiger partial charge in [-0.05, 0) is 12.1 Å². The van der Waals surface area contributed by atoms with Gasteiger partial charge in [0, 0.05) is 23.4 Å². The Kier molecular flexibility index (Phi) is 3.65. The Bertz CT molecular complexity index is 363. The third-order valence-corrected chi connectivity index (χ3v) is 1.98. The maximum Gasteiger partial charge on any atom is 0.217 e. The lowest BCUT2D eigenvalue weighted by Gasteiger charge is -1.99. The average molecular weight is 212 g/mol. The molecule has 0 bridgehead atoms. The third kappa shape index (κ3) is 3.18. The molecule has 0 aliphatic rings. The lowest BCUT2D eigenvalue weighted by atomic mass is 10.1. The van der Waals surface area contributed by atoms with Gasteiger partial charge in [0.25, 0.3) is 0 Å². The zero-order valence-electron chi connectivity index (χ0n) is 7.50. The summed E-state index contributed by atoms with van der Waals surface area (Å²) in [5.41, 5.74) is 5.44. The molecule has 0 aromatic heterocycles. The summed E-state index contributed by atoms with van der Waals surface area (Å²) in [5.74, 6) is -0.591. The highest BCUT2D eigenvalue weighted by atomic mass is 35.5. The predicted octanol–water partition coefficient (Wildman–Crippen LogP) is 1.79. The molecule has 1 aromatic rings. The van der Waals surface area contributed by atoms with E-state index in [1.165, 1.54) is 0 Å². The average Bonchev–Trinajstić information content (AvgIpc) is 2.14. The Morgan fingerprint density at radius 3 is 2.57 bits per heavy atom. The van der Waals surface area contributed by atoms with Gasteiger partial charge < -0.3 is 5.73 Å². The number of carbonyl (C=O) groups is 2. The van der Waals surface area contributed by atoms with Gasteiger partial charge in [-0.1, -0.05) is 23.7 Å². The van der Waals surface area contributed by atoms with E-state index in [0.29, 0.717) is 10.6 Å². The lowest BCUT2D eigenvalue weighted by Crippen LogP contribution is -2.12. The number of carbonyl (C=O) groups excluding carboxylic acids is 2. The van der Waals surface area contributed by atoms with E-state index in [9.17, 15) is 9.59 Å². The largest absolute Gasteiger partial charge is 0.370 e. The van der Waals surface area contributed by atoms with Crippen molar-refractivity contribution < 1.29 is 9.59 Å². The number of nitrogens with two attached hydrogens (primary N) is 1. The van der Waals surface area contributed by atoms with E-state index in [1.807, 2.05) is 0 Å². The molecule has 0 fully saturated rings. The summed E-state index contributed by atoms with van der Waals surface area (Å²) in [6.45, 7) is 0. The number of halogens is 1. The molecule has 2 N–H and O–H groups in total. The van der Waals surface area contributed by atoms with Crippen LogP contribution >= 0.6 is 11.6 Å². The van der Waals surface area contributed by atoms with Crippen LogP contribution in [-0.4, -0.2) is 11.7 Å². The van der Waals surface area contributed by atoms with Gasteiger partial charge in [0.2, 0.25) is 5.91 Å². The number of hydrogen-bond donors (Lipinski definition) is 1. The Balaban J connectivity index is 2.65. The Labute approximate surface area is 86.9 Å². The van der Waals surface area contributed by atoms with Crippen LogP contribution in [0.3, 0.4) is 0 Å². The third-order valence-electron chi connectivity index (χ3n) is 1.75. The summed E-state index contributed by atoms with van der Waals surface area (Å²) >= 11 is 5.71. The van der Waals surface area contributed by atoms with Gasteiger partial charge in [-0.25, -0.2) is 0 Å². The van der Waals surface area contributed by atoms with Crippen LogP contribution < -0.4 is 5.73 Å². The quantitative estimate of drug-likeness (QED) is 0.772. The summed E-state index contributed by atoms with van der Waals surface area (Å²) < 4.78 is 0. The van der Waals surface area contributed by atoms with Gasteiger partial charge in [-0.3, -0.25) is 9.59 Å².